The van der Waals surface area contributed by atoms with Crippen LogP contribution in [-0.4, -0.2) is 42.5 Å². The Morgan fingerprint density at radius 2 is 1.71 bits per heavy atom. The van der Waals surface area contributed by atoms with Crippen LogP contribution in [0.15, 0.2) is 0 Å². The molecular weight excluding hydrogens is 262 g/mol. The van der Waals surface area contributed by atoms with Crippen LogP contribution in [0.5, 0.6) is 0 Å². The fourth-order valence-electron chi connectivity index (χ4n) is 3.21. The van der Waals surface area contributed by atoms with Gasteiger partial charge in [-0.3, -0.25) is 9.69 Å². The van der Waals surface area contributed by atoms with Crippen molar-refractivity contribution in [1.29, 1.82) is 0 Å². The molecule has 1 aliphatic heterocycles. The topological polar surface area (TPSA) is 58.4 Å². The Morgan fingerprint density at radius 1 is 1.19 bits per heavy atom. The second-order valence-electron chi connectivity index (χ2n) is 7.48. The minimum atomic E-state index is -0.446. The minimum Gasteiger partial charge on any atom is -0.353 e. The molecule has 1 amide bonds. The van der Waals surface area contributed by atoms with Crippen LogP contribution in [0.1, 0.15) is 60.3 Å². The Morgan fingerprint density at radius 3 is 2.14 bits per heavy atom. The van der Waals surface area contributed by atoms with Gasteiger partial charge >= 0.3 is 0 Å². The monoisotopic (exact) mass is 297 g/mol. The molecule has 1 unspecified atom stereocenters. The highest BCUT2D eigenvalue weighted by Crippen LogP contribution is 2.23. The minimum absolute atomic E-state index is 0.0161. The number of rotatable bonds is 7. The van der Waals surface area contributed by atoms with Crippen molar-refractivity contribution in [3.63, 3.8) is 0 Å². The lowest BCUT2D eigenvalue weighted by Gasteiger charge is -2.35. The van der Waals surface area contributed by atoms with E-state index in [1.54, 1.807) is 0 Å². The molecule has 1 fully saturated rings. The Kier molecular flexibility index (Phi) is 7.14. The first kappa shape index (κ1) is 18.4. The second kappa shape index (κ2) is 8.14. The van der Waals surface area contributed by atoms with Crippen molar-refractivity contribution < 1.29 is 4.79 Å². The van der Waals surface area contributed by atoms with Gasteiger partial charge in [0.25, 0.3) is 0 Å². The van der Waals surface area contributed by atoms with Crippen molar-refractivity contribution in [3.05, 3.63) is 0 Å². The van der Waals surface area contributed by atoms with E-state index < -0.39 is 6.04 Å². The number of hydrogen-bond acceptors (Lipinski definition) is 3. The van der Waals surface area contributed by atoms with Gasteiger partial charge in [0.15, 0.2) is 0 Å². The third-order valence-corrected chi connectivity index (χ3v) is 4.90. The van der Waals surface area contributed by atoms with Gasteiger partial charge in [0, 0.05) is 12.6 Å². The highest BCUT2D eigenvalue weighted by atomic mass is 16.2. The molecule has 2 atom stereocenters. The fraction of sp³-hybridized carbons (Fsp3) is 0.941. The summed E-state index contributed by atoms with van der Waals surface area (Å²) in [6.07, 6.45) is 4.90. The molecule has 3 N–H and O–H groups in total. The quantitative estimate of drug-likeness (QED) is 0.758. The molecule has 4 nitrogen and oxygen atoms in total. The molecule has 0 spiro atoms. The first-order valence-corrected chi connectivity index (χ1v) is 8.58. The van der Waals surface area contributed by atoms with Gasteiger partial charge in [-0.2, -0.15) is 0 Å². The molecule has 1 rings (SSSR count). The van der Waals surface area contributed by atoms with E-state index in [1.165, 1.54) is 38.8 Å². The molecule has 0 radical (unpaired) electrons. The van der Waals surface area contributed by atoms with E-state index in [0.717, 1.165) is 6.54 Å². The number of nitrogens with zero attached hydrogens (tertiary/aromatic N) is 1. The molecule has 0 aromatic carbocycles. The molecule has 0 saturated carbocycles. The predicted molar refractivity (Wildman–Crippen MR) is 89.1 cm³/mol. The molecule has 0 bridgehead atoms. The highest BCUT2D eigenvalue weighted by Gasteiger charge is 2.31. The zero-order valence-electron chi connectivity index (χ0n) is 14.6. The molecule has 1 saturated heterocycles. The third-order valence-electron chi connectivity index (χ3n) is 4.90. The van der Waals surface area contributed by atoms with Crippen molar-refractivity contribution >= 4 is 5.91 Å². The van der Waals surface area contributed by atoms with E-state index in [9.17, 15) is 4.79 Å². The highest BCUT2D eigenvalue weighted by molar-refractivity contribution is 5.82. The van der Waals surface area contributed by atoms with Crippen LogP contribution in [0.2, 0.25) is 0 Å². The lowest BCUT2D eigenvalue weighted by Crippen LogP contribution is -2.53. The van der Waals surface area contributed by atoms with Gasteiger partial charge in [0.05, 0.1) is 6.04 Å². The largest absolute Gasteiger partial charge is 0.353 e. The normalized spacial score (nSPS) is 19.8. The summed E-state index contributed by atoms with van der Waals surface area (Å²) in [6.45, 7) is 13.6. The molecular formula is C17H35N3O. The van der Waals surface area contributed by atoms with Crippen molar-refractivity contribution in [2.24, 2.45) is 17.1 Å². The first-order valence-electron chi connectivity index (χ1n) is 8.58. The zero-order valence-corrected chi connectivity index (χ0v) is 14.6. The molecule has 4 heteroatoms. The van der Waals surface area contributed by atoms with E-state index in [2.05, 4.69) is 24.1 Å². The number of hydrogen-bond donors (Lipinski definition) is 2. The van der Waals surface area contributed by atoms with Crippen molar-refractivity contribution in [2.45, 2.75) is 72.4 Å². The summed E-state index contributed by atoms with van der Waals surface area (Å²) in [5.74, 6) is 0.631. The average molecular weight is 297 g/mol. The summed E-state index contributed by atoms with van der Waals surface area (Å²) in [5, 5.41) is 3.11. The lowest BCUT2D eigenvalue weighted by atomic mass is 9.86. The molecule has 0 aromatic heterocycles. The molecule has 1 heterocycles. The standard InChI is InChI=1S/C17H35N3O/c1-6-13(7-2)14(20-10-8-9-11-20)12-19-16(21)15(18)17(3,4)5/h13-15H,6-12,18H2,1-5H3,(H,19,21)/t14?,15-/m1/s1. The van der Waals surface area contributed by atoms with Gasteiger partial charge in [-0.25, -0.2) is 0 Å². The SMILES string of the molecule is CCC(CC)C(CNC(=O)[C@@H](N)C(C)(C)C)N1CCCC1. The van der Waals surface area contributed by atoms with Gasteiger partial charge in [-0.05, 0) is 37.3 Å². The summed E-state index contributed by atoms with van der Waals surface area (Å²) < 4.78 is 0. The Labute approximate surface area is 130 Å². The van der Waals surface area contributed by atoms with Crippen LogP contribution in [0.4, 0.5) is 0 Å². The zero-order chi connectivity index (χ0) is 16.0. The number of carbonyl (C=O) groups excluding carboxylic acids is 1. The van der Waals surface area contributed by atoms with Gasteiger partial charge in [-0.15, -0.1) is 0 Å². The molecule has 0 aliphatic carbocycles. The van der Waals surface area contributed by atoms with E-state index in [-0.39, 0.29) is 11.3 Å². The van der Waals surface area contributed by atoms with Gasteiger partial charge in [0.1, 0.15) is 0 Å². The maximum atomic E-state index is 12.3. The fourth-order valence-corrected chi connectivity index (χ4v) is 3.21. The lowest BCUT2D eigenvalue weighted by molar-refractivity contribution is -0.124. The van der Waals surface area contributed by atoms with E-state index in [0.29, 0.717) is 12.0 Å². The summed E-state index contributed by atoms with van der Waals surface area (Å²) >= 11 is 0. The average Bonchev–Trinajstić information content (AvgIpc) is 2.95. The molecule has 0 aromatic rings. The van der Waals surface area contributed by atoms with E-state index in [4.69, 9.17) is 5.73 Å². The molecule has 21 heavy (non-hydrogen) atoms. The third kappa shape index (κ3) is 5.26. The van der Waals surface area contributed by atoms with Crippen LogP contribution in [-0.2, 0) is 4.79 Å². The van der Waals surface area contributed by atoms with Crippen molar-refractivity contribution in [1.82, 2.24) is 10.2 Å². The van der Waals surface area contributed by atoms with Crippen LogP contribution >= 0.6 is 0 Å². The smallest absolute Gasteiger partial charge is 0.237 e. The molecule has 124 valence electrons. The Bertz CT molecular complexity index is 312. The van der Waals surface area contributed by atoms with Crippen LogP contribution < -0.4 is 11.1 Å². The van der Waals surface area contributed by atoms with E-state index >= 15 is 0 Å². The Hall–Kier alpha value is -0.610. The summed E-state index contributed by atoms with van der Waals surface area (Å²) in [7, 11) is 0. The maximum absolute atomic E-state index is 12.3. The molecule has 1 aliphatic rings. The van der Waals surface area contributed by atoms with Gasteiger partial charge < -0.3 is 11.1 Å². The van der Waals surface area contributed by atoms with Gasteiger partial charge in [0.2, 0.25) is 5.91 Å². The number of nitrogens with one attached hydrogen (secondary N) is 1. The number of amides is 1. The number of likely N-dealkylation sites (tertiary alicyclic amines) is 1. The van der Waals surface area contributed by atoms with Gasteiger partial charge in [-0.1, -0.05) is 47.5 Å². The van der Waals surface area contributed by atoms with Crippen LogP contribution in [0.3, 0.4) is 0 Å². The summed E-state index contributed by atoms with van der Waals surface area (Å²) in [5.41, 5.74) is 5.86. The maximum Gasteiger partial charge on any atom is 0.237 e. The number of nitrogens with two attached hydrogens (primary N) is 1. The Balaban J connectivity index is 2.62. The van der Waals surface area contributed by atoms with Crippen LogP contribution in [0, 0.1) is 11.3 Å². The summed E-state index contributed by atoms with van der Waals surface area (Å²) in [4.78, 5) is 14.8. The first-order chi connectivity index (χ1) is 9.81. The van der Waals surface area contributed by atoms with Crippen molar-refractivity contribution in [2.75, 3.05) is 19.6 Å². The summed E-state index contributed by atoms with van der Waals surface area (Å²) in [6, 6.07) is 0.0112. The number of carbonyl (C=O) groups is 1. The predicted octanol–water partition coefficient (Wildman–Crippen LogP) is 2.38. The van der Waals surface area contributed by atoms with Crippen LogP contribution in [0.25, 0.3) is 0 Å². The van der Waals surface area contributed by atoms with E-state index in [1.807, 2.05) is 20.8 Å². The second-order valence-corrected chi connectivity index (χ2v) is 7.48. The van der Waals surface area contributed by atoms with Crippen molar-refractivity contribution in [3.8, 4) is 0 Å².